The van der Waals surface area contributed by atoms with Gasteiger partial charge in [0.15, 0.2) is 0 Å². The van der Waals surface area contributed by atoms with E-state index in [1.54, 1.807) is 0 Å². The van der Waals surface area contributed by atoms with Crippen LogP contribution in [0.15, 0.2) is 0 Å². The van der Waals surface area contributed by atoms with Crippen LogP contribution in [-0.4, -0.2) is 36.1 Å². The molecule has 1 N–H and O–H groups in total. The second kappa shape index (κ2) is 6.02. The van der Waals surface area contributed by atoms with Crippen LogP contribution in [0.3, 0.4) is 0 Å². The van der Waals surface area contributed by atoms with Gasteiger partial charge in [-0.2, -0.15) is 0 Å². The van der Waals surface area contributed by atoms with Crippen LogP contribution in [0.25, 0.3) is 0 Å². The summed E-state index contributed by atoms with van der Waals surface area (Å²) in [4.78, 5) is 2.77. The summed E-state index contributed by atoms with van der Waals surface area (Å²) in [5.74, 6) is 0. The van der Waals surface area contributed by atoms with Crippen LogP contribution >= 0.6 is 0 Å². The molecule has 0 spiro atoms. The predicted octanol–water partition coefficient (Wildman–Crippen LogP) is 2.78. The third-order valence-corrected chi connectivity index (χ3v) is 4.52. The summed E-state index contributed by atoms with van der Waals surface area (Å²) in [5, 5.41) is 3.73. The van der Waals surface area contributed by atoms with E-state index in [9.17, 15) is 0 Å². The number of likely N-dealkylation sites (tertiary alicyclic amines) is 1. The van der Waals surface area contributed by atoms with Gasteiger partial charge >= 0.3 is 0 Å². The average Bonchev–Trinajstić information content (AvgIpc) is 2.52. The van der Waals surface area contributed by atoms with Gasteiger partial charge < -0.3 is 5.32 Å². The molecule has 2 heteroatoms. The van der Waals surface area contributed by atoms with Gasteiger partial charge in [-0.15, -0.1) is 0 Å². The molecule has 0 saturated carbocycles. The standard InChI is InChI=1S/C14H28N2/c1-3-14-9-8-12(2)16(14)11-13-7-5-4-6-10-15-13/h12-15H,3-11H2,1-2H3. The molecule has 2 aliphatic rings. The first-order valence-electron chi connectivity index (χ1n) is 7.30. The van der Waals surface area contributed by atoms with Crippen molar-refractivity contribution in [1.29, 1.82) is 0 Å². The van der Waals surface area contributed by atoms with E-state index in [4.69, 9.17) is 0 Å². The SMILES string of the molecule is CCC1CCC(C)N1CC1CCCCCN1. The minimum atomic E-state index is 0.761. The highest BCUT2D eigenvalue weighted by atomic mass is 15.2. The van der Waals surface area contributed by atoms with Crippen molar-refractivity contribution in [3.63, 3.8) is 0 Å². The highest BCUT2D eigenvalue weighted by Crippen LogP contribution is 2.26. The summed E-state index contributed by atoms with van der Waals surface area (Å²) in [6, 6.07) is 2.44. The van der Waals surface area contributed by atoms with Crippen molar-refractivity contribution in [2.24, 2.45) is 0 Å². The lowest BCUT2D eigenvalue weighted by atomic mass is 10.1. The van der Waals surface area contributed by atoms with Gasteiger partial charge in [-0.05, 0) is 45.6 Å². The van der Waals surface area contributed by atoms with Crippen molar-refractivity contribution in [1.82, 2.24) is 10.2 Å². The number of hydrogen-bond acceptors (Lipinski definition) is 2. The molecule has 2 aliphatic heterocycles. The third kappa shape index (κ3) is 2.98. The molecule has 2 rings (SSSR count). The van der Waals surface area contributed by atoms with Gasteiger partial charge in [-0.25, -0.2) is 0 Å². The van der Waals surface area contributed by atoms with Crippen LogP contribution in [0.4, 0.5) is 0 Å². The largest absolute Gasteiger partial charge is 0.313 e. The van der Waals surface area contributed by atoms with E-state index in [-0.39, 0.29) is 0 Å². The molecule has 0 amide bonds. The fourth-order valence-corrected chi connectivity index (χ4v) is 3.40. The monoisotopic (exact) mass is 224 g/mol. The van der Waals surface area contributed by atoms with Gasteiger partial charge in [0.2, 0.25) is 0 Å². The Morgan fingerprint density at radius 2 is 2.00 bits per heavy atom. The van der Waals surface area contributed by atoms with Gasteiger partial charge in [0.05, 0.1) is 0 Å². The van der Waals surface area contributed by atoms with Crippen molar-refractivity contribution >= 4 is 0 Å². The fourth-order valence-electron chi connectivity index (χ4n) is 3.40. The second-order valence-electron chi connectivity index (χ2n) is 5.69. The highest BCUT2D eigenvalue weighted by molar-refractivity contribution is 4.87. The first kappa shape index (κ1) is 12.4. The van der Waals surface area contributed by atoms with Crippen molar-refractivity contribution in [3.8, 4) is 0 Å². The Labute approximate surface area is 101 Å². The first-order chi connectivity index (χ1) is 7.81. The number of nitrogens with zero attached hydrogens (tertiary/aromatic N) is 1. The van der Waals surface area contributed by atoms with Gasteiger partial charge in [0.25, 0.3) is 0 Å². The predicted molar refractivity (Wildman–Crippen MR) is 69.7 cm³/mol. The zero-order valence-electron chi connectivity index (χ0n) is 11.0. The quantitative estimate of drug-likeness (QED) is 0.793. The molecule has 0 aliphatic carbocycles. The smallest absolute Gasteiger partial charge is 0.0195 e. The van der Waals surface area contributed by atoms with E-state index in [0.29, 0.717) is 0 Å². The van der Waals surface area contributed by atoms with Crippen LogP contribution in [-0.2, 0) is 0 Å². The van der Waals surface area contributed by atoms with Crippen LogP contribution in [0.2, 0.25) is 0 Å². The maximum atomic E-state index is 3.73. The fraction of sp³-hybridized carbons (Fsp3) is 1.00. The lowest BCUT2D eigenvalue weighted by molar-refractivity contribution is 0.175. The topological polar surface area (TPSA) is 15.3 Å². The second-order valence-corrected chi connectivity index (χ2v) is 5.69. The summed E-state index contributed by atoms with van der Waals surface area (Å²) in [6.45, 7) is 7.28. The van der Waals surface area contributed by atoms with Gasteiger partial charge in [0.1, 0.15) is 0 Å². The van der Waals surface area contributed by atoms with Gasteiger partial charge in [-0.3, -0.25) is 4.90 Å². The molecule has 16 heavy (non-hydrogen) atoms. The summed E-state index contributed by atoms with van der Waals surface area (Å²) in [6.07, 6.45) is 9.78. The van der Waals surface area contributed by atoms with E-state index in [2.05, 4.69) is 24.1 Å². The highest BCUT2D eigenvalue weighted by Gasteiger charge is 2.30. The Morgan fingerprint density at radius 1 is 1.12 bits per heavy atom. The number of rotatable bonds is 3. The van der Waals surface area contributed by atoms with Crippen molar-refractivity contribution in [3.05, 3.63) is 0 Å². The van der Waals surface area contributed by atoms with E-state index in [1.807, 2.05) is 0 Å². The van der Waals surface area contributed by atoms with E-state index in [0.717, 1.165) is 18.1 Å². The molecular weight excluding hydrogens is 196 g/mol. The Balaban J connectivity index is 1.86. The molecule has 2 heterocycles. The molecular formula is C14H28N2. The van der Waals surface area contributed by atoms with Crippen LogP contribution in [0.1, 0.15) is 58.8 Å². The molecule has 2 saturated heterocycles. The van der Waals surface area contributed by atoms with E-state index in [1.165, 1.54) is 58.0 Å². The van der Waals surface area contributed by atoms with E-state index < -0.39 is 0 Å². The molecule has 2 fully saturated rings. The Morgan fingerprint density at radius 3 is 2.81 bits per heavy atom. The minimum Gasteiger partial charge on any atom is -0.313 e. The lowest BCUT2D eigenvalue weighted by Gasteiger charge is -2.31. The molecule has 0 aromatic carbocycles. The summed E-state index contributed by atoms with van der Waals surface area (Å²) in [7, 11) is 0. The number of hydrogen-bond donors (Lipinski definition) is 1. The van der Waals surface area contributed by atoms with Crippen molar-refractivity contribution in [2.45, 2.75) is 76.9 Å². The molecule has 0 radical (unpaired) electrons. The number of nitrogens with one attached hydrogen (secondary N) is 1. The lowest BCUT2D eigenvalue weighted by Crippen LogP contribution is -2.45. The molecule has 0 bridgehead atoms. The molecule has 2 nitrogen and oxygen atoms in total. The van der Waals surface area contributed by atoms with Crippen molar-refractivity contribution in [2.75, 3.05) is 13.1 Å². The molecule has 0 aromatic rings. The van der Waals surface area contributed by atoms with Gasteiger partial charge in [-0.1, -0.05) is 19.8 Å². The zero-order valence-corrected chi connectivity index (χ0v) is 11.0. The van der Waals surface area contributed by atoms with Gasteiger partial charge in [0, 0.05) is 24.7 Å². The molecule has 3 atom stereocenters. The Hall–Kier alpha value is -0.0800. The molecule has 3 unspecified atom stereocenters. The van der Waals surface area contributed by atoms with Crippen molar-refractivity contribution < 1.29 is 0 Å². The maximum absolute atomic E-state index is 3.73. The average molecular weight is 224 g/mol. The summed E-state index contributed by atoms with van der Waals surface area (Å²) in [5.41, 5.74) is 0. The minimum absolute atomic E-state index is 0.761. The van der Waals surface area contributed by atoms with Crippen LogP contribution < -0.4 is 5.32 Å². The third-order valence-electron chi connectivity index (χ3n) is 4.52. The Kier molecular flexibility index (Phi) is 4.66. The summed E-state index contributed by atoms with van der Waals surface area (Å²) >= 11 is 0. The van der Waals surface area contributed by atoms with Crippen LogP contribution in [0.5, 0.6) is 0 Å². The molecule has 94 valence electrons. The summed E-state index contributed by atoms with van der Waals surface area (Å²) < 4.78 is 0. The normalized spacial score (nSPS) is 37.5. The maximum Gasteiger partial charge on any atom is 0.0195 e. The van der Waals surface area contributed by atoms with E-state index >= 15 is 0 Å². The molecule has 0 aromatic heterocycles. The first-order valence-corrected chi connectivity index (χ1v) is 7.30. The Bertz CT molecular complexity index is 197. The van der Waals surface area contributed by atoms with Crippen LogP contribution in [0, 0.1) is 0 Å². The zero-order chi connectivity index (χ0) is 11.4.